The Labute approximate surface area is 149 Å². The van der Waals surface area contributed by atoms with Gasteiger partial charge in [0.05, 0.1) is 17.7 Å². The second-order valence-electron chi connectivity index (χ2n) is 5.15. The molecule has 138 valence electrons. The summed E-state index contributed by atoms with van der Waals surface area (Å²) in [6, 6.07) is 10.1. The molecule has 0 aliphatic carbocycles. The molecule has 0 aromatic heterocycles. The number of rotatable bonds is 6. The van der Waals surface area contributed by atoms with Crippen LogP contribution in [0.4, 0.5) is 21.9 Å². The molecule has 0 unspecified atom stereocenters. The third kappa shape index (κ3) is 4.91. The Morgan fingerprint density at radius 3 is 2.42 bits per heavy atom. The summed E-state index contributed by atoms with van der Waals surface area (Å²) in [5.74, 6) is 0. The fraction of sp³-hybridized carbons (Fsp3) is 0.133. The van der Waals surface area contributed by atoms with E-state index in [0.717, 1.165) is 11.6 Å². The van der Waals surface area contributed by atoms with Gasteiger partial charge in [0.15, 0.2) is 0 Å². The number of nitrogens with two attached hydrogens (primary N) is 1. The Hall–Kier alpha value is -3.18. The number of anilines is 2. The molecule has 0 bridgehead atoms. The SMILES string of the molecule is COC(=O)Nc1ccc(CNc2ccc([N+](=O)[O-])cc2S(N)(=O)=O)cc1. The van der Waals surface area contributed by atoms with E-state index in [1.54, 1.807) is 24.3 Å². The van der Waals surface area contributed by atoms with Crippen molar-refractivity contribution in [3.63, 3.8) is 0 Å². The number of carbonyl (C=O) groups is 1. The van der Waals surface area contributed by atoms with Crippen molar-refractivity contribution in [2.75, 3.05) is 17.7 Å². The predicted octanol–water partition coefficient (Wildman–Crippen LogP) is 2.03. The van der Waals surface area contributed by atoms with Crippen LogP contribution in [-0.2, 0) is 21.3 Å². The molecular formula is C15H16N4O6S. The number of nitrogens with one attached hydrogen (secondary N) is 2. The van der Waals surface area contributed by atoms with E-state index < -0.39 is 21.0 Å². The second-order valence-corrected chi connectivity index (χ2v) is 6.68. The highest BCUT2D eigenvalue weighted by atomic mass is 32.2. The van der Waals surface area contributed by atoms with Gasteiger partial charge in [0.1, 0.15) is 4.90 Å². The van der Waals surface area contributed by atoms with E-state index in [-0.39, 0.29) is 22.8 Å². The third-order valence-corrected chi connectivity index (χ3v) is 4.30. The smallest absolute Gasteiger partial charge is 0.411 e. The summed E-state index contributed by atoms with van der Waals surface area (Å²) >= 11 is 0. The molecule has 0 saturated carbocycles. The first-order valence-corrected chi connectivity index (χ1v) is 8.74. The van der Waals surface area contributed by atoms with E-state index >= 15 is 0 Å². The highest BCUT2D eigenvalue weighted by Crippen LogP contribution is 2.26. The van der Waals surface area contributed by atoms with E-state index in [0.29, 0.717) is 5.69 Å². The number of hydrogen-bond acceptors (Lipinski definition) is 7. The molecule has 0 radical (unpaired) electrons. The van der Waals surface area contributed by atoms with Gasteiger partial charge in [0.25, 0.3) is 5.69 Å². The maximum atomic E-state index is 11.7. The standard InChI is InChI=1S/C15H16N4O6S/c1-25-15(20)18-11-4-2-10(3-5-11)9-17-13-7-6-12(19(21)22)8-14(13)26(16,23)24/h2-8,17H,9H2,1H3,(H,18,20)(H2,16,23,24). The summed E-state index contributed by atoms with van der Waals surface area (Å²) in [4.78, 5) is 20.9. The number of nitro benzene ring substituents is 1. The van der Waals surface area contributed by atoms with Crippen LogP contribution < -0.4 is 15.8 Å². The van der Waals surface area contributed by atoms with Gasteiger partial charge in [-0.2, -0.15) is 0 Å². The first-order valence-electron chi connectivity index (χ1n) is 7.19. The highest BCUT2D eigenvalue weighted by Gasteiger charge is 2.18. The Kier molecular flexibility index (Phi) is 5.75. The van der Waals surface area contributed by atoms with Gasteiger partial charge in [-0.1, -0.05) is 12.1 Å². The van der Waals surface area contributed by atoms with E-state index in [9.17, 15) is 23.3 Å². The summed E-state index contributed by atoms with van der Waals surface area (Å²) in [7, 11) is -2.89. The lowest BCUT2D eigenvalue weighted by atomic mass is 10.2. The number of nitro groups is 1. The zero-order valence-corrected chi connectivity index (χ0v) is 14.4. The fourth-order valence-electron chi connectivity index (χ4n) is 2.08. The molecule has 0 atom stereocenters. The topological polar surface area (TPSA) is 154 Å². The Morgan fingerprint density at radius 1 is 1.23 bits per heavy atom. The van der Waals surface area contributed by atoms with Gasteiger partial charge in [-0.15, -0.1) is 0 Å². The molecule has 26 heavy (non-hydrogen) atoms. The molecule has 0 aliphatic heterocycles. The Morgan fingerprint density at radius 2 is 1.88 bits per heavy atom. The molecule has 0 aliphatic rings. The van der Waals surface area contributed by atoms with E-state index in [2.05, 4.69) is 15.4 Å². The summed E-state index contributed by atoms with van der Waals surface area (Å²) in [5, 5.41) is 21.3. The predicted molar refractivity (Wildman–Crippen MR) is 94.3 cm³/mol. The number of non-ortho nitro benzene ring substituents is 1. The minimum atomic E-state index is -4.15. The number of amides is 1. The number of carbonyl (C=O) groups excluding carboxylic acids is 1. The van der Waals surface area contributed by atoms with Gasteiger partial charge < -0.3 is 10.1 Å². The van der Waals surface area contributed by atoms with Gasteiger partial charge >= 0.3 is 6.09 Å². The number of benzene rings is 2. The largest absolute Gasteiger partial charge is 0.453 e. The molecule has 2 rings (SSSR count). The van der Waals surface area contributed by atoms with Crippen LogP contribution in [0.5, 0.6) is 0 Å². The maximum absolute atomic E-state index is 11.7. The monoisotopic (exact) mass is 380 g/mol. The van der Waals surface area contributed by atoms with Crippen molar-refractivity contribution >= 4 is 33.2 Å². The normalized spacial score (nSPS) is 10.8. The average molecular weight is 380 g/mol. The van der Waals surface area contributed by atoms with Crippen LogP contribution >= 0.6 is 0 Å². The van der Waals surface area contributed by atoms with Crippen LogP contribution in [0, 0.1) is 10.1 Å². The molecule has 10 nitrogen and oxygen atoms in total. The first-order chi connectivity index (χ1) is 12.2. The fourth-order valence-corrected chi connectivity index (χ4v) is 2.81. The summed E-state index contributed by atoms with van der Waals surface area (Å²) < 4.78 is 27.8. The van der Waals surface area contributed by atoms with Crippen molar-refractivity contribution in [2.24, 2.45) is 5.14 Å². The lowest BCUT2D eigenvalue weighted by Gasteiger charge is -2.11. The summed E-state index contributed by atoms with van der Waals surface area (Å²) in [5.41, 5.74) is 1.08. The van der Waals surface area contributed by atoms with Crippen LogP contribution in [0.3, 0.4) is 0 Å². The van der Waals surface area contributed by atoms with Crippen molar-refractivity contribution in [1.82, 2.24) is 0 Å². The molecule has 11 heteroatoms. The number of methoxy groups -OCH3 is 1. The van der Waals surface area contributed by atoms with Crippen molar-refractivity contribution in [1.29, 1.82) is 0 Å². The maximum Gasteiger partial charge on any atom is 0.411 e. The second kappa shape index (κ2) is 7.80. The average Bonchev–Trinajstić information content (AvgIpc) is 2.60. The van der Waals surface area contributed by atoms with E-state index in [4.69, 9.17) is 5.14 Å². The summed E-state index contributed by atoms with van der Waals surface area (Å²) in [6.45, 7) is 0.235. The van der Waals surface area contributed by atoms with Gasteiger partial charge in [-0.25, -0.2) is 18.4 Å². The summed E-state index contributed by atoms with van der Waals surface area (Å²) in [6.07, 6.45) is -0.598. The van der Waals surface area contributed by atoms with E-state index in [1.165, 1.54) is 19.2 Å². The van der Waals surface area contributed by atoms with Crippen molar-refractivity contribution < 1.29 is 22.9 Å². The first kappa shape index (κ1) is 19.1. The molecule has 0 saturated heterocycles. The van der Waals surface area contributed by atoms with E-state index in [1.807, 2.05) is 0 Å². The van der Waals surface area contributed by atoms with Crippen LogP contribution in [0.15, 0.2) is 47.4 Å². The van der Waals surface area contributed by atoms with Crippen molar-refractivity contribution in [3.05, 3.63) is 58.1 Å². The van der Waals surface area contributed by atoms with Crippen molar-refractivity contribution in [2.45, 2.75) is 11.4 Å². The number of primary sulfonamides is 1. The zero-order chi connectivity index (χ0) is 19.3. The molecular weight excluding hydrogens is 364 g/mol. The zero-order valence-electron chi connectivity index (χ0n) is 13.6. The number of ether oxygens (including phenoxy) is 1. The van der Waals surface area contributed by atoms with Gasteiger partial charge in [0, 0.05) is 24.4 Å². The van der Waals surface area contributed by atoms with Crippen LogP contribution in [-0.4, -0.2) is 26.5 Å². The molecule has 1 amide bonds. The molecule has 4 N–H and O–H groups in total. The quantitative estimate of drug-likeness (QED) is 0.512. The van der Waals surface area contributed by atoms with Gasteiger partial charge in [-0.3, -0.25) is 15.4 Å². The van der Waals surface area contributed by atoms with Crippen LogP contribution in [0.1, 0.15) is 5.56 Å². The third-order valence-electron chi connectivity index (χ3n) is 3.35. The number of sulfonamides is 1. The minimum absolute atomic E-state index is 0.148. The lowest BCUT2D eigenvalue weighted by Crippen LogP contribution is -2.15. The lowest BCUT2D eigenvalue weighted by molar-refractivity contribution is -0.385. The van der Waals surface area contributed by atoms with Crippen molar-refractivity contribution in [3.8, 4) is 0 Å². The van der Waals surface area contributed by atoms with Gasteiger partial charge in [-0.05, 0) is 23.8 Å². The Balaban J connectivity index is 2.16. The highest BCUT2D eigenvalue weighted by molar-refractivity contribution is 7.89. The number of hydrogen-bond donors (Lipinski definition) is 3. The van der Waals surface area contributed by atoms with Crippen LogP contribution in [0.25, 0.3) is 0 Å². The number of nitrogens with zero attached hydrogens (tertiary/aromatic N) is 1. The molecule has 0 fully saturated rings. The molecule has 2 aromatic carbocycles. The molecule has 0 spiro atoms. The molecule has 2 aromatic rings. The Bertz CT molecular complexity index is 928. The molecule has 0 heterocycles. The minimum Gasteiger partial charge on any atom is -0.453 e. The van der Waals surface area contributed by atoms with Gasteiger partial charge in [0.2, 0.25) is 10.0 Å². The van der Waals surface area contributed by atoms with Crippen LogP contribution in [0.2, 0.25) is 0 Å².